The van der Waals surface area contributed by atoms with Crippen LogP contribution in [0.25, 0.3) is 5.65 Å². The topological polar surface area (TPSA) is 122 Å². The van der Waals surface area contributed by atoms with E-state index in [4.69, 9.17) is 14.1 Å². The molecule has 2 N–H and O–H groups in total. The molecule has 0 unspecified atom stereocenters. The highest BCUT2D eigenvalue weighted by atomic mass is 28.4. The lowest BCUT2D eigenvalue weighted by Crippen LogP contribution is -2.44. The maximum atomic E-state index is 14.7. The summed E-state index contributed by atoms with van der Waals surface area (Å²) in [6.45, 7) is 21.8. The van der Waals surface area contributed by atoms with E-state index < -0.39 is 31.9 Å². The van der Waals surface area contributed by atoms with Gasteiger partial charge in [-0.25, -0.2) is 19.0 Å². The van der Waals surface area contributed by atoms with Crippen LogP contribution in [-0.4, -0.2) is 65.6 Å². The third-order valence-electron chi connectivity index (χ3n) is 8.62. The molecule has 2 aromatic heterocycles. The number of anilines is 2. The lowest BCUT2D eigenvalue weighted by Gasteiger charge is -2.38. The number of aromatic nitrogens is 3. The largest absolute Gasteiger partial charge is 0.465 e. The lowest BCUT2D eigenvalue weighted by molar-refractivity contribution is 0.0527. The van der Waals surface area contributed by atoms with E-state index in [0.29, 0.717) is 24.6 Å². The van der Waals surface area contributed by atoms with Crippen LogP contribution in [0.15, 0.2) is 36.5 Å². The zero-order valence-electron chi connectivity index (χ0n) is 30.4. The number of hydrogen-bond acceptors (Lipinski definition) is 7. The molecule has 0 saturated carbocycles. The summed E-state index contributed by atoms with van der Waals surface area (Å²) < 4.78 is 28.2. The van der Waals surface area contributed by atoms with Crippen molar-refractivity contribution in [3.63, 3.8) is 0 Å². The van der Waals surface area contributed by atoms with Crippen molar-refractivity contribution in [2.24, 2.45) is 0 Å². The molecule has 0 aliphatic rings. The van der Waals surface area contributed by atoms with Crippen LogP contribution in [0.2, 0.25) is 18.1 Å². The molecule has 0 radical (unpaired) electrons. The van der Waals surface area contributed by atoms with Crippen molar-refractivity contribution < 1.29 is 28.2 Å². The first kappa shape index (κ1) is 38.7. The zero-order chi connectivity index (χ0) is 35.9. The molecule has 0 aliphatic carbocycles. The SMILES string of the molecule is CC(C)c1cnn2c(N(Cc3ccccc3F)C(=O)O)cc(N(CCCCCCNC(=O)OC(C)(C)C)CO[Si](C)(C)C(C)(C)C)nc12. The molecule has 3 rings (SSSR count). The predicted octanol–water partition coefficient (Wildman–Crippen LogP) is 8.55. The Bertz CT molecular complexity index is 1530. The van der Waals surface area contributed by atoms with E-state index in [1.807, 2.05) is 34.6 Å². The van der Waals surface area contributed by atoms with Crippen molar-refractivity contribution in [3.8, 4) is 0 Å². The first-order chi connectivity index (χ1) is 22.3. The molecular weight excluding hydrogens is 632 g/mol. The Morgan fingerprint density at radius 3 is 2.33 bits per heavy atom. The average molecular weight is 687 g/mol. The minimum absolute atomic E-state index is 0.0154. The second-order valence-corrected chi connectivity index (χ2v) is 19.9. The van der Waals surface area contributed by atoms with Gasteiger partial charge in [0, 0.05) is 30.3 Å². The maximum Gasteiger partial charge on any atom is 0.413 e. The Kier molecular flexibility index (Phi) is 13.0. The number of unbranched alkanes of at least 4 members (excludes halogenated alkanes) is 3. The second-order valence-electron chi connectivity index (χ2n) is 15.1. The van der Waals surface area contributed by atoms with Gasteiger partial charge in [0.05, 0.1) is 12.7 Å². The summed E-state index contributed by atoms with van der Waals surface area (Å²) in [5.41, 5.74) is 1.13. The van der Waals surface area contributed by atoms with E-state index in [1.165, 1.54) is 10.6 Å². The molecule has 3 aromatic rings. The molecule has 266 valence electrons. The number of amides is 2. The number of carboxylic acid groups (broad SMARTS) is 1. The van der Waals surface area contributed by atoms with Crippen molar-refractivity contribution in [1.29, 1.82) is 0 Å². The lowest BCUT2D eigenvalue weighted by atomic mass is 10.1. The van der Waals surface area contributed by atoms with Gasteiger partial charge in [-0.05, 0) is 63.7 Å². The molecule has 0 spiro atoms. The molecule has 48 heavy (non-hydrogen) atoms. The van der Waals surface area contributed by atoms with Crippen LogP contribution in [-0.2, 0) is 15.7 Å². The highest BCUT2D eigenvalue weighted by Crippen LogP contribution is 2.37. The van der Waals surface area contributed by atoms with E-state index in [1.54, 1.807) is 30.5 Å². The zero-order valence-corrected chi connectivity index (χ0v) is 31.4. The fraction of sp³-hybridized carbons (Fsp3) is 0.600. The Balaban J connectivity index is 1.92. The summed E-state index contributed by atoms with van der Waals surface area (Å²) in [6.07, 6.45) is 3.50. The highest BCUT2D eigenvalue weighted by Gasteiger charge is 2.38. The van der Waals surface area contributed by atoms with Crippen LogP contribution in [0.3, 0.4) is 0 Å². The second kappa shape index (κ2) is 16.1. The molecule has 0 aliphatic heterocycles. The summed E-state index contributed by atoms with van der Waals surface area (Å²) in [4.78, 5) is 32.9. The summed E-state index contributed by atoms with van der Waals surface area (Å²) in [6, 6.07) is 7.87. The van der Waals surface area contributed by atoms with Crippen molar-refractivity contribution in [3.05, 3.63) is 53.5 Å². The summed E-state index contributed by atoms with van der Waals surface area (Å²) in [5, 5.41) is 17.7. The molecule has 11 nitrogen and oxygen atoms in total. The minimum atomic E-state index is -2.16. The number of carbonyl (C=O) groups is 2. The van der Waals surface area contributed by atoms with Crippen molar-refractivity contribution in [1.82, 2.24) is 19.9 Å². The number of hydrogen-bond donors (Lipinski definition) is 2. The third-order valence-corrected chi connectivity index (χ3v) is 13.1. The monoisotopic (exact) mass is 686 g/mol. The van der Waals surface area contributed by atoms with Crippen molar-refractivity contribution in [2.45, 2.75) is 117 Å². The number of nitrogens with one attached hydrogen (secondary N) is 1. The molecule has 0 atom stereocenters. The standard InChI is InChI=1S/C35H55FN6O5Si/c1-25(2)27-22-38-42-30(41(33(44)45)23-26-17-13-14-18-28(26)36)21-29(39-31(27)42)40(24-46-48(9,10)35(6,7)8)20-16-12-11-15-19-37-32(43)47-34(3,4)5/h13-14,17-18,21-22,25H,11-12,15-16,19-20,23-24H2,1-10H3,(H,37,43)(H,44,45). The van der Waals surface area contributed by atoms with Gasteiger partial charge in [-0.1, -0.05) is 65.7 Å². The molecule has 2 amide bonds. The third kappa shape index (κ3) is 10.6. The van der Waals surface area contributed by atoms with Gasteiger partial charge in [-0.3, -0.25) is 4.90 Å². The van der Waals surface area contributed by atoms with Gasteiger partial charge >= 0.3 is 12.2 Å². The Morgan fingerprint density at radius 1 is 1.06 bits per heavy atom. The van der Waals surface area contributed by atoms with E-state index >= 15 is 0 Å². The van der Waals surface area contributed by atoms with Gasteiger partial charge in [0.2, 0.25) is 0 Å². The summed E-state index contributed by atoms with van der Waals surface area (Å²) in [7, 11) is -2.16. The van der Waals surface area contributed by atoms with Crippen LogP contribution in [0, 0.1) is 5.82 Å². The molecular formula is C35H55FN6O5Si. The van der Waals surface area contributed by atoms with Crippen molar-refractivity contribution >= 4 is 37.8 Å². The Labute approximate surface area is 285 Å². The summed E-state index contributed by atoms with van der Waals surface area (Å²) >= 11 is 0. The number of alkyl carbamates (subject to hydrolysis) is 1. The van der Waals surface area contributed by atoms with Gasteiger partial charge in [0.15, 0.2) is 14.0 Å². The van der Waals surface area contributed by atoms with Crippen LogP contribution in [0.5, 0.6) is 0 Å². The molecule has 0 fully saturated rings. The Hall–Kier alpha value is -3.71. The highest BCUT2D eigenvalue weighted by molar-refractivity contribution is 6.74. The van der Waals surface area contributed by atoms with E-state index in [-0.39, 0.29) is 35.6 Å². The smallest absolute Gasteiger partial charge is 0.413 e. The molecule has 0 bridgehead atoms. The number of fused-ring (bicyclic) bond motifs is 1. The number of halogens is 1. The fourth-order valence-corrected chi connectivity index (χ4v) is 5.66. The van der Waals surface area contributed by atoms with E-state index in [9.17, 15) is 19.1 Å². The first-order valence-corrected chi connectivity index (χ1v) is 19.7. The average Bonchev–Trinajstić information content (AvgIpc) is 3.40. The number of nitrogens with zero attached hydrogens (tertiary/aromatic N) is 5. The number of ether oxygens (including phenoxy) is 1. The Morgan fingerprint density at radius 2 is 1.73 bits per heavy atom. The van der Waals surface area contributed by atoms with Crippen LogP contribution < -0.4 is 15.1 Å². The van der Waals surface area contributed by atoms with E-state index in [2.05, 4.69) is 49.2 Å². The molecule has 13 heteroatoms. The normalized spacial score (nSPS) is 12.4. The molecule has 0 saturated heterocycles. The number of rotatable bonds is 15. The fourth-order valence-electron chi connectivity index (χ4n) is 4.74. The molecule has 1 aromatic carbocycles. The first-order valence-electron chi connectivity index (χ1n) is 16.8. The van der Waals surface area contributed by atoms with Crippen molar-refractivity contribution in [2.75, 3.05) is 29.6 Å². The van der Waals surface area contributed by atoms with Gasteiger partial charge in [0.1, 0.15) is 29.8 Å². The number of carbonyl (C=O) groups excluding carboxylic acids is 1. The van der Waals surface area contributed by atoms with E-state index in [0.717, 1.165) is 36.1 Å². The number of benzene rings is 1. The summed E-state index contributed by atoms with van der Waals surface area (Å²) in [5.74, 6) is 0.422. The van der Waals surface area contributed by atoms with Gasteiger partial charge < -0.3 is 24.5 Å². The van der Waals surface area contributed by atoms with Gasteiger partial charge in [0.25, 0.3) is 0 Å². The van der Waals surface area contributed by atoms with Gasteiger partial charge in [-0.2, -0.15) is 9.61 Å². The minimum Gasteiger partial charge on any atom is -0.465 e. The predicted molar refractivity (Wildman–Crippen MR) is 191 cm³/mol. The van der Waals surface area contributed by atoms with Crippen LogP contribution >= 0.6 is 0 Å². The van der Waals surface area contributed by atoms with Crippen LogP contribution in [0.4, 0.5) is 25.6 Å². The molecule has 2 heterocycles. The maximum absolute atomic E-state index is 14.7. The quantitative estimate of drug-likeness (QED) is 0.0927. The van der Waals surface area contributed by atoms with Gasteiger partial charge in [-0.15, -0.1) is 0 Å². The van der Waals surface area contributed by atoms with Crippen LogP contribution in [0.1, 0.15) is 98.1 Å².